The lowest BCUT2D eigenvalue weighted by atomic mass is 10.1. The number of rotatable bonds is 6. The molecule has 0 atom stereocenters. The van der Waals surface area contributed by atoms with Gasteiger partial charge in [-0.3, -0.25) is 0 Å². The lowest BCUT2D eigenvalue weighted by Crippen LogP contribution is -2.14. The highest BCUT2D eigenvalue weighted by Crippen LogP contribution is 2.24. The Morgan fingerprint density at radius 2 is 2.07 bits per heavy atom. The summed E-state index contributed by atoms with van der Waals surface area (Å²) in [6, 6.07) is 5.89. The fraction of sp³-hybridized carbons (Fsp3) is 0.455. The molecule has 1 rings (SSSR count). The number of halogens is 1. The minimum Gasteiger partial charge on any atom is -0.497 e. The summed E-state index contributed by atoms with van der Waals surface area (Å²) in [5.74, 6) is 1.70. The third-order valence-electron chi connectivity index (χ3n) is 2.16. The molecule has 3 nitrogen and oxygen atoms in total. The van der Waals surface area contributed by atoms with E-state index in [-0.39, 0.29) is 0 Å². The molecule has 84 valence electrons. The molecule has 15 heavy (non-hydrogen) atoms. The summed E-state index contributed by atoms with van der Waals surface area (Å²) in [7, 11) is 3.33. The van der Waals surface area contributed by atoms with Crippen molar-refractivity contribution in [1.82, 2.24) is 5.32 Å². The van der Waals surface area contributed by atoms with Crippen molar-refractivity contribution in [1.29, 1.82) is 0 Å². The molecule has 1 aromatic rings. The smallest absolute Gasteiger partial charge is 0.125 e. The van der Waals surface area contributed by atoms with Gasteiger partial charge in [0.1, 0.15) is 11.5 Å². The van der Waals surface area contributed by atoms with Crippen molar-refractivity contribution in [3.63, 3.8) is 0 Å². The molecule has 0 aliphatic carbocycles. The molecule has 4 heteroatoms. The fourth-order valence-electron chi connectivity index (χ4n) is 1.35. The van der Waals surface area contributed by atoms with Crippen molar-refractivity contribution in [2.45, 2.75) is 6.42 Å². The van der Waals surface area contributed by atoms with Gasteiger partial charge >= 0.3 is 0 Å². The van der Waals surface area contributed by atoms with Crippen LogP contribution >= 0.6 is 15.9 Å². The topological polar surface area (TPSA) is 30.5 Å². The Balaban J connectivity index is 2.69. The molecule has 0 saturated heterocycles. The summed E-state index contributed by atoms with van der Waals surface area (Å²) in [6.45, 7) is 0.925. The number of nitrogens with one attached hydrogen (secondary N) is 1. The van der Waals surface area contributed by atoms with Crippen LogP contribution in [0.25, 0.3) is 0 Å². The van der Waals surface area contributed by atoms with Crippen molar-refractivity contribution >= 4 is 15.9 Å². The number of methoxy groups -OCH3 is 2. The van der Waals surface area contributed by atoms with Gasteiger partial charge in [-0.05, 0) is 18.1 Å². The zero-order valence-electron chi connectivity index (χ0n) is 9.05. The SMILES string of the molecule is COc1ccc(CCNCBr)c(OC)c1. The molecule has 0 spiro atoms. The summed E-state index contributed by atoms with van der Waals surface area (Å²) in [6.07, 6.45) is 0.943. The Hall–Kier alpha value is -0.740. The van der Waals surface area contributed by atoms with Crippen molar-refractivity contribution in [3.8, 4) is 11.5 Å². The maximum atomic E-state index is 5.30. The average molecular weight is 274 g/mol. The van der Waals surface area contributed by atoms with E-state index in [4.69, 9.17) is 9.47 Å². The van der Waals surface area contributed by atoms with E-state index in [1.54, 1.807) is 14.2 Å². The molecule has 1 aromatic carbocycles. The summed E-state index contributed by atoms with van der Waals surface area (Å²) >= 11 is 3.32. The molecule has 1 N–H and O–H groups in total. The highest BCUT2D eigenvalue weighted by Gasteiger charge is 2.04. The van der Waals surface area contributed by atoms with Crippen LogP contribution in [0.4, 0.5) is 0 Å². The summed E-state index contributed by atoms with van der Waals surface area (Å²) in [5, 5.41) is 3.21. The van der Waals surface area contributed by atoms with E-state index >= 15 is 0 Å². The second-order valence-corrected chi connectivity index (χ2v) is 3.62. The van der Waals surface area contributed by atoms with Crippen LogP contribution < -0.4 is 14.8 Å². The Labute approximate surface area is 98.9 Å². The van der Waals surface area contributed by atoms with Crippen LogP contribution in [0, 0.1) is 0 Å². The van der Waals surface area contributed by atoms with Gasteiger partial charge in [-0.1, -0.05) is 22.0 Å². The van der Waals surface area contributed by atoms with Gasteiger partial charge in [-0.2, -0.15) is 0 Å². The first-order valence-corrected chi connectivity index (χ1v) is 5.91. The van der Waals surface area contributed by atoms with E-state index in [2.05, 4.69) is 21.2 Å². The zero-order chi connectivity index (χ0) is 11.1. The Bertz CT molecular complexity index is 305. The molecule has 0 radical (unpaired) electrons. The molecule has 0 bridgehead atoms. The molecule has 0 aromatic heterocycles. The fourth-order valence-corrected chi connectivity index (χ4v) is 1.63. The van der Waals surface area contributed by atoms with Crippen LogP contribution in [0.1, 0.15) is 5.56 Å². The quantitative estimate of drug-likeness (QED) is 0.490. The lowest BCUT2D eigenvalue weighted by Gasteiger charge is -2.10. The minimum atomic E-state index is 0.811. The van der Waals surface area contributed by atoms with Gasteiger partial charge < -0.3 is 14.8 Å². The second kappa shape index (κ2) is 6.69. The third kappa shape index (κ3) is 3.72. The Morgan fingerprint density at radius 1 is 1.27 bits per heavy atom. The summed E-state index contributed by atoms with van der Waals surface area (Å²) < 4.78 is 10.4. The predicted molar refractivity (Wildman–Crippen MR) is 65.0 cm³/mol. The molecule has 0 unspecified atom stereocenters. The number of hydrogen-bond acceptors (Lipinski definition) is 3. The Kier molecular flexibility index (Phi) is 5.50. The summed E-state index contributed by atoms with van der Waals surface area (Å²) in [4.78, 5) is 0. The van der Waals surface area contributed by atoms with Gasteiger partial charge in [0.2, 0.25) is 0 Å². The predicted octanol–water partition coefficient (Wildman–Crippen LogP) is 2.19. The molecule has 0 aliphatic rings. The molecular weight excluding hydrogens is 258 g/mol. The maximum absolute atomic E-state index is 5.30. The van der Waals surface area contributed by atoms with Crippen molar-refractivity contribution < 1.29 is 9.47 Å². The first-order valence-electron chi connectivity index (χ1n) is 4.79. The van der Waals surface area contributed by atoms with Gasteiger partial charge in [0.15, 0.2) is 0 Å². The van der Waals surface area contributed by atoms with E-state index in [1.165, 1.54) is 5.56 Å². The minimum absolute atomic E-state index is 0.811. The average Bonchev–Trinajstić information content (AvgIpc) is 2.29. The number of alkyl halides is 1. The van der Waals surface area contributed by atoms with Crippen LogP contribution in [0.3, 0.4) is 0 Å². The molecule has 0 fully saturated rings. The van der Waals surface area contributed by atoms with Crippen molar-refractivity contribution in [3.05, 3.63) is 23.8 Å². The number of ether oxygens (including phenoxy) is 2. The van der Waals surface area contributed by atoms with Gasteiger partial charge in [-0.25, -0.2) is 0 Å². The largest absolute Gasteiger partial charge is 0.497 e. The Morgan fingerprint density at radius 3 is 2.67 bits per heavy atom. The second-order valence-electron chi connectivity index (χ2n) is 3.06. The van der Waals surface area contributed by atoms with E-state index in [1.807, 2.05) is 18.2 Å². The van der Waals surface area contributed by atoms with E-state index in [0.29, 0.717) is 0 Å². The molecule has 0 amide bonds. The first kappa shape index (κ1) is 12.3. The van der Waals surface area contributed by atoms with Crippen LogP contribution in [-0.4, -0.2) is 26.2 Å². The van der Waals surface area contributed by atoms with Gasteiger partial charge in [-0.15, -0.1) is 0 Å². The van der Waals surface area contributed by atoms with Crippen LogP contribution in [-0.2, 0) is 6.42 Å². The molecular formula is C11H16BrNO2. The lowest BCUT2D eigenvalue weighted by molar-refractivity contribution is 0.391. The standard InChI is InChI=1S/C11H16BrNO2/c1-14-10-4-3-9(5-6-13-8-12)11(7-10)15-2/h3-4,7,13H,5-6,8H2,1-2H3. The third-order valence-corrected chi connectivity index (χ3v) is 2.56. The van der Waals surface area contributed by atoms with Crippen LogP contribution in [0.15, 0.2) is 18.2 Å². The van der Waals surface area contributed by atoms with Crippen LogP contribution in [0.5, 0.6) is 11.5 Å². The summed E-state index contributed by atoms with van der Waals surface area (Å²) in [5.41, 5.74) is 2.00. The number of benzene rings is 1. The molecule has 0 saturated carbocycles. The van der Waals surface area contributed by atoms with Crippen LogP contribution in [0.2, 0.25) is 0 Å². The zero-order valence-corrected chi connectivity index (χ0v) is 10.6. The first-order chi connectivity index (χ1) is 7.31. The van der Waals surface area contributed by atoms with E-state index in [9.17, 15) is 0 Å². The monoisotopic (exact) mass is 273 g/mol. The van der Waals surface area contributed by atoms with E-state index in [0.717, 1.165) is 29.9 Å². The maximum Gasteiger partial charge on any atom is 0.125 e. The van der Waals surface area contributed by atoms with Crippen molar-refractivity contribution in [2.75, 3.05) is 26.2 Å². The van der Waals surface area contributed by atoms with Gasteiger partial charge in [0.05, 0.1) is 19.7 Å². The van der Waals surface area contributed by atoms with E-state index < -0.39 is 0 Å². The molecule has 0 aliphatic heterocycles. The number of hydrogen-bond donors (Lipinski definition) is 1. The highest BCUT2D eigenvalue weighted by atomic mass is 79.9. The van der Waals surface area contributed by atoms with Crippen molar-refractivity contribution in [2.24, 2.45) is 0 Å². The van der Waals surface area contributed by atoms with Gasteiger partial charge in [0, 0.05) is 12.6 Å². The van der Waals surface area contributed by atoms with Gasteiger partial charge in [0.25, 0.3) is 0 Å². The highest BCUT2D eigenvalue weighted by molar-refractivity contribution is 9.09. The molecule has 0 heterocycles. The normalized spacial score (nSPS) is 10.1.